The number of fused-ring (bicyclic) bond motifs is 1. The Kier molecular flexibility index (Phi) is 2.46. The molecule has 1 aliphatic rings. The highest BCUT2D eigenvalue weighted by molar-refractivity contribution is 5.84. The highest BCUT2D eigenvalue weighted by atomic mass is 19.1. The fourth-order valence-corrected chi connectivity index (χ4v) is 2.37. The maximum absolute atomic E-state index is 13.1. The topological polar surface area (TPSA) is 52.3 Å². The molecule has 0 radical (unpaired) electrons. The van der Waals surface area contributed by atoms with Crippen molar-refractivity contribution in [3.05, 3.63) is 35.1 Å². The zero-order valence-corrected chi connectivity index (χ0v) is 9.29. The molecule has 86 valence electrons. The molecule has 0 bridgehead atoms. The van der Waals surface area contributed by atoms with Crippen LogP contribution in [-0.4, -0.2) is 13.1 Å². The van der Waals surface area contributed by atoms with Crippen molar-refractivity contribution in [2.45, 2.75) is 18.9 Å². The minimum Gasteiger partial charge on any atom is -0.467 e. The zero-order valence-electron chi connectivity index (χ0n) is 9.29. The predicted molar refractivity (Wildman–Crippen MR) is 57.1 cm³/mol. The van der Waals surface area contributed by atoms with Crippen molar-refractivity contribution < 1.29 is 13.9 Å². The SMILES string of the molecule is COC(=O)C1(N)c2ccc(F)cc2CC1C. The van der Waals surface area contributed by atoms with Gasteiger partial charge in [-0.2, -0.15) is 0 Å². The summed E-state index contributed by atoms with van der Waals surface area (Å²) < 4.78 is 17.8. The number of methoxy groups -OCH3 is 1. The van der Waals surface area contributed by atoms with E-state index in [4.69, 9.17) is 10.5 Å². The van der Waals surface area contributed by atoms with Crippen LogP contribution in [0, 0.1) is 11.7 Å². The number of carbonyl (C=O) groups is 1. The summed E-state index contributed by atoms with van der Waals surface area (Å²) in [6, 6.07) is 4.33. The highest BCUT2D eigenvalue weighted by Crippen LogP contribution is 2.40. The van der Waals surface area contributed by atoms with Gasteiger partial charge < -0.3 is 10.5 Å². The maximum Gasteiger partial charge on any atom is 0.330 e. The van der Waals surface area contributed by atoms with Gasteiger partial charge in [0.2, 0.25) is 0 Å². The average Bonchev–Trinajstić information content (AvgIpc) is 2.50. The van der Waals surface area contributed by atoms with E-state index in [2.05, 4.69) is 0 Å². The maximum atomic E-state index is 13.1. The number of hydrogen-bond donors (Lipinski definition) is 1. The standard InChI is InChI=1S/C12H14FNO2/c1-7-5-8-6-9(13)3-4-10(8)12(7,14)11(15)16-2/h3-4,6-7H,5,14H2,1-2H3. The zero-order chi connectivity index (χ0) is 11.9. The molecule has 1 aromatic carbocycles. The number of carbonyl (C=O) groups excluding carboxylic acids is 1. The van der Waals surface area contributed by atoms with Crippen LogP contribution in [0.25, 0.3) is 0 Å². The summed E-state index contributed by atoms with van der Waals surface area (Å²) in [6.45, 7) is 1.87. The van der Waals surface area contributed by atoms with Crippen molar-refractivity contribution in [1.29, 1.82) is 0 Å². The first-order valence-electron chi connectivity index (χ1n) is 5.16. The van der Waals surface area contributed by atoms with Gasteiger partial charge in [0.15, 0.2) is 0 Å². The first kappa shape index (κ1) is 11.1. The fraction of sp³-hybridized carbons (Fsp3) is 0.417. The van der Waals surface area contributed by atoms with E-state index in [0.29, 0.717) is 12.0 Å². The van der Waals surface area contributed by atoms with Crippen LogP contribution in [0.4, 0.5) is 4.39 Å². The van der Waals surface area contributed by atoms with E-state index < -0.39 is 11.5 Å². The summed E-state index contributed by atoms with van der Waals surface area (Å²) in [5, 5.41) is 0. The van der Waals surface area contributed by atoms with Gasteiger partial charge in [-0.25, -0.2) is 9.18 Å². The van der Waals surface area contributed by atoms with Crippen molar-refractivity contribution in [1.82, 2.24) is 0 Å². The van der Waals surface area contributed by atoms with E-state index in [9.17, 15) is 9.18 Å². The Morgan fingerprint density at radius 1 is 1.62 bits per heavy atom. The number of rotatable bonds is 1. The molecule has 1 aromatic rings. The lowest BCUT2D eigenvalue weighted by atomic mass is 9.86. The molecule has 3 nitrogen and oxygen atoms in total. The van der Waals surface area contributed by atoms with E-state index in [0.717, 1.165) is 5.56 Å². The molecule has 2 atom stereocenters. The van der Waals surface area contributed by atoms with Gasteiger partial charge in [-0.3, -0.25) is 0 Å². The number of esters is 1. The molecular weight excluding hydrogens is 209 g/mol. The molecule has 0 saturated carbocycles. The minimum absolute atomic E-state index is 0.0863. The van der Waals surface area contributed by atoms with Crippen LogP contribution < -0.4 is 5.73 Å². The number of hydrogen-bond acceptors (Lipinski definition) is 3. The third-order valence-corrected chi connectivity index (χ3v) is 3.34. The third kappa shape index (κ3) is 1.33. The Bertz CT molecular complexity index is 447. The van der Waals surface area contributed by atoms with Crippen LogP contribution in [0.3, 0.4) is 0 Å². The molecule has 0 heterocycles. The molecule has 0 fully saturated rings. The fourth-order valence-electron chi connectivity index (χ4n) is 2.37. The lowest BCUT2D eigenvalue weighted by Gasteiger charge is -2.26. The van der Waals surface area contributed by atoms with Gasteiger partial charge in [0.05, 0.1) is 7.11 Å². The molecule has 0 saturated heterocycles. The number of nitrogens with two attached hydrogens (primary N) is 1. The summed E-state index contributed by atoms with van der Waals surface area (Å²) in [7, 11) is 1.31. The number of halogens is 1. The second-order valence-electron chi connectivity index (χ2n) is 4.27. The van der Waals surface area contributed by atoms with Gasteiger partial charge in [-0.15, -0.1) is 0 Å². The molecule has 0 aliphatic heterocycles. The summed E-state index contributed by atoms with van der Waals surface area (Å²) in [4.78, 5) is 11.8. The van der Waals surface area contributed by atoms with Crippen molar-refractivity contribution in [2.24, 2.45) is 11.7 Å². The van der Waals surface area contributed by atoms with E-state index in [1.54, 1.807) is 6.07 Å². The van der Waals surface area contributed by atoms with Crippen LogP contribution in [0.2, 0.25) is 0 Å². The van der Waals surface area contributed by atoms with Gasteiger partial charge in [0.1, 0.15) is 11.4 Å². The van der Waals surface area contributed by atoms with Crippen LogP contribution in [-0.2, 0) is 21.5 Å². The van der Waals surface area contributed by atoms with Gasteiger partial charge >= 0.3 is 5.97 Å². The molecule has 2 N–H and O–H groups in total. The average molecular weight is 223 g/mol. The van der Waals surface area contributed by atoms with Crippen molar-refractivity contribution in [2.75, 3.05) is 7.11 Å². The van der Waals surface area contributed by atoms with Crippen LogP contribution in [0.15, 0.2) is 18.2 Å². The van der Waals surface area contributed by atoms with Gasteiger partial charge in [0.25, 0.3) is 0 Å². The van der Waals surface area contributed by atoms with Crippen LogP contribution in [0.5, 0.6) is 0 Å². The second kappa shape index (κ2) is 3.56. The molecular formula is C12H14FNO2. The van der Waals surface area contributed by atoms with Crippen molar-refractivity contribution in [3.8, 4) is 0 Å². The molecule has 2 rings (SSSR count). The van der Waals surface area contributed by atoms with Gasteiger partial charge in [-0.1, -0.05) is 13.0 Å². The van der Waals surface area contributed by atoms with E-state index in [-0.39, 0.29) is 11.7 Å². The summed E-state index contributed by atoms with van der Waals surface area (Å²) in [5.41, 5.74) is 6.45. The number of benzene rings is 1. The van der Waals surface area contributed by atoms with E-state index >= 15 is 0 Å². The molecule has 2 unspecified atom stereocenters. The largest absolute Gasteiger partial charge is 0.467 e. The molecule has 0 spiro atoms. The summed E-state index contributed by atoms with van der Waals surface area (Å²) in [5.74, 6) is -0.859. The Balaban J connectivity index is 2.55. The van der Waals surface area contributed by atoms with E-state index in [1.807, 2.05) is 6.92 Å². The first-order chi connectivity index (χ1) is 7.50. The van der Waals surface area contributed by atoms with E-state index in [1.165, 1.54) is 19.2 Å². The first-order valence-corrected chi connectivity index (χ1v) is 5.16. The Morgan fingerprint density at radius 2 is 2.31 bits per heavy atom. The lowest BCUT2D eigenvalue weighted by molar-refractivity contribution is -0.149. The highest BCUT2D eigenvalue weighted by Gasteiger charge is 2.48. The molecule has 1 aliphatic carbocycles. The lowest BCUT2D eigenvalue weighted by Crippen LogP contribution is -2.48. The molecule has 0 amide bonds. The van der Waals surface area contributed by atoms with Crippen LogP contribution in [0.1, 0.15) is 18.1 Å². The Labute approximate surface area is 93.4 Å². The Hall–Kier alpha value is -1.42. The number of ether oxygens (including phenoxy) is 1. The van der Waals surface area contributed by atoms with Crippen LogP contribution >= 0.6 is 0 Å². The normalized spacial score (nSPS) is 27.6. The molecule has 0 aromatic heterocycles. The predicted octanol–water partition coefficient (Wildman–Crippen LogP) is 1.34. The molecule has 16 heavy (non-hydrogen) atoms. The van der Waals surface area contributed by atoms with Crippen molar-refractivity contribution >= 4 is 5.97 Å². The smallest absolute Gasteiger partial charge is 0.330 e. The Morgan fingerprint density at radius 3 is 2.94 bits per heavy atom. The third-order valence-electron chi connectivity index (χ3n) is 3.34. The van der Waals surface area contributed by atoms with Gasteiger partial charge in [-0.05, 0) is 35.6 Å². The van der Waals surface area contributed by atoms with Gasteiger partial charge in [0, 0.05) is 0 Å². The summed E-state index contributed by atoms with van der Waals surface area (Å²) in [6.07, 6.45) is 0.596. The van der Waals surface area contributed by atoms with Crippen molar-refractivity contribution in [3.63, 3.8) is 0 Å². The summed E-state index contributed by atoms with van der Waals surface area (Å²) >= 11 is 0. The minimum atomic E-state index is -1.14. The molecule has 4 heteroatoms. The second-order valence-corrected chi connectivity index (χ2v) is 4.27. The quantitative estimate of drug-likeness (QED) is 0.731. The monoisotopic (exact) mass is 223 g/mol.